The molecular formula is C21H21FN4O2S. The number of rotatable bonds is 9. The Morgan fingerprint density at radius 2 is 2.07 bits per heavy atom. The topological polar surface area (TPSA) is 69.0 Å². The van der Waals surface area contributed by atoms with Crippen LogP contribution in [-0.2, 0) is 17.9 Å². The van der Waals surface area contributed by atoms with Gasteiger partial charge in [0.05, 0.1) is 12.9 Å². The summed E-state index contributed by atoms with van der Waals surface area (Å²) in [5.41, 5.74) is 1.70. The Balaban J connectivity index is 1.65. The SMILES string of the molecule is C=CCn1c(SCC(=O)NCc2ccc(F)cc2)nnc1-c1cccc(OC)c1. The number of hydrogen-bond acceptors (Lipinski definition) is 5. The highest BCUT2D eigenvalue weighted by Gasteiger charge is 2.15. The van der Waals surface area contributed by atoms with Crippen LogP contribution in [-0.4, -0.2) is 33.5 Å². The molecule has 150 valence electrons. The molecule has 0 radical (unpaired) electrons. The van der Waals surface area contributed by atoms with E-state index < -0.39 is 0 Å². The molecule has 1 amide bonds. The molecule has 0 aliphatic heterocycles. The molecule has 0 spiro atoms. The van der Waals surface area contributed by atoms with E-state index in [0.717, 1.165) is 16.9 Å². The summed E-state index contributed by atoms with van der Waals surface area (Å²) in [4.78, 5) is 12.2. The zero-order valence-corrected chi connectivity index (χ0v) is 16.8. The molecule has 29 heavy (non-hydrogen) atoms. The van der Waals surface area contributed by atoms with Crippen molar-refractivity contribution in [1.82, 2.24) is 20.1 Å². The summed E-state index contributed by atoms with van der Waals surface area (Å²) >= 11 is 1.30. The first-order valence-corrected chi connectivity index (χ1v) is 9.91. The molecule has 0 bridgehead atoms. The zero-order chi connectivity index (χ0) is 20.6. The summed E-state index contributed by atoms with van der Waals surface area (Å²) in [5, 5.41) is 12.0. The van der Waals surface area contributed by atoms with Gasteiger partial charge in [-0.1, -0.05) is 42.1 Å². The number of nitrogens with zero attached hydrogens (tertiary/aromatic N) is 3. The molecule has 1 heterocycles. The van der Waals surface area contributed by atoms with Crippen LogP contribution in [0.1, 0.15) is 5.56 Å². The van der Waals surface area contributed by atoms with Crippen LogP contribution in [0.5, 0.6) is 5.75 Å². The van der Waals surface area contributed by atoms with Gasteiger partial charge in [0.25, 0.3) is 0 Å². The van der Waals surface area contributed by atoms with Gasteiger partial charge in [0.2, 0.25) is 5.91 Å². The molecule has 1 aromatic heterocycles. The molecule has 3 rings (SSSR count). The summed E-state index contributed by atoms with van der Waals surface area (Å²) in [6.07, 6.45) is 1.76. The first kappa shape index (κ1) is 20.6. The Morgan fingerprint density at radius 3 is 2.79 bits per heavy atom. The predicted octanol–water partition coefficient (Wildman–Crippen LogP) is 3.69. The lowest BCUT2D eigenvalue weighted by Gasteiger charge is -2.09. The van der Waals surface area contributed by atoms with Gasteiger partial charge in [-0.05, 0) is 29.8 Å². The molecule has 0 saturated heterocycles. The third-order valence-corrected chi connectivity index (χ3v) is 5.06. The molecule has 8 heteroatoms. The van der Waals surface area contributed by atoms with E-state index in [1.165, 1.54) is 23.9 Å². The summed E-state index contributed by atoms with van der Waals surface area (Å²) in [6.45, 7) is 4.65. The van der Waals surface area contributed by atoms with Gasteiger partial charge < -0.3 is 10.1 Å². The Morgan fingerprint density at radius 1 is 1.28 bits per heavy atom. The second-order valence-corrected chi connectivity index (χ2v) is 7.07. The lowest BCUT2D eigenvalue weighted by atomic mass is 10.2. The van der Waals surface area contributed by atoms with Gasteiger partial charge >= 0.3 is 0 Å². The second-order valence-electron chi connectivity index (χ2n) is 6.13. The molecule has 0 aliphatic rings. The fourth-order valence-corrected chi connectivity index (χ4v) is 3.43. The number of amides is 1. The molecule has 1 N–H and O–H groups in total. The molecular weight excluding hydrogens is 391 g/mol. The summed E-state index contributed by atoms with van der Waals surface area (Å²) in [5.74, 6) is 1.15. The van der Waals surface area contributed by atoms with Crippen molar-refractivity contribution in [3.63, 3.8) is 0 Å². The predicted molar refractivity (Wildman–Crippen MR) is 111 cm³/mol. The van der Waals surface area contributed by atoms with Gasteiger partial charge in [-0.25, -0.2) is 4.39 Å². The lowest BCUT2D eigenvalue weighted by molar-refractivity contribution is -0.118. The lowest BCUT2D eigenvalue weighted by Crippen LogP contribution is -2.24. The van der Waals surface area contributed by atoms with Crippen molar-refractivity contribution in [2.24, 2.45) is 0 Å². The van der Waals surface area contributed by atoms with E-state index in [-0.39, 0.29) is 17.5 Å². The number of hydrogen-bond donors (Lipinski definition) is 1. The maximum Gasteiger partial charge on any atom is 0.230 e. The molecule has 0 aliphatic carbocycles. The van der Waals surface area contributed by atoms with Gasteiger partial charge in [0.15, 0.2) is 11.0 Å². The molecule has 0 atom stereocenters. The Labute approximate surface area is 172 Å². The number of nitrogens with one attached hydrogen (secondary N) is 1. The van der Waals surface area contributed by atoms with Crippen LogP contribution >= 0.6 is 11.8 Å². The second kappa shape index (κ2) is 9.88. The molecule has 6 nitrogen and oxygen atoms in total. The number of benzene rings is 2. The van der Waals surface area contributed by atoms with Crippen LogP contribution in [0.4, 0.5) is 4.39 Å². The maximum absolute atomic E-state index is 12.9. The minimum absolute atomic E-state index is 0.143. The van der Waals surface area contributed by atoms with E-state index in [1.54, 1.807) is 25.3 Å². The highest BCUT2D eigenvalue weighted by atomic mass is 32.2. The third-order valence-electron chi connectivity index (χ3n) is 4.09. The van der Waals surface area contributed by atoms with E-state index in [4.69, 9.17) is 4.74 Å². The summed E-state index contributed by atoms with van der Waals surface area (Å²) < 4.78 is 20.1. The monoisotopic (exact) mass is 412 g/mol. The van der Waals surface area contributed by atoms with Crippen LogP contribution in [0.15, 0.2) is 66.3 Å². The van der Waals surface area contributed by atoms with Gasteiger partial charge in [-0.3, -0.25) is 9.36 Å². The highest BCUT2D eigenvalue weighted by Crippen LogP contribution is 2.26. The number of carbonyl (C=O) groups excluding carboxylic acids is 1. The van der Waals surface area contributed by atoms with Crippen molar-refractivity contribution in [3.05, 3.63) is 72.6 Å². The van der Waals surface area contributed by atoms with Crippen molar-refractivity contribution in [3.8, 4) is 17.1 Å². The largest absolute Gasteiger partial charge is 0.497 e. The van der Waals surface area contributed by atoms with Crippen molar-refractivity contribution in [1.29, 1.82) is 0 Å². The van der Waals surface area contributed by atoms with Crippen LogP contribution in [0.25, 0.3) is 11.4 Å². The Kier molecular flexibility index (Phi) is 7.02. The maximum atomic E-state index is 12.9. The van der Waals surface area contributed by atoms with Gasteiger partial charge in [0.1, 0.15) is 11.6 Å². The van der Waals surface area contributed by atoms with Gasteiger partial charge in [0, 0.05) is 18.7 Å². The smallest absolute Gasteiger partial charge is 0.230 e. The van der Waals surface area contributed by atoms with E-state index >= 15 is 0 Å². The van der Waals surface area contributed by atoms with Gasteiger partial charge in [-0.2, -0.15) is 0 Å². The molecule has 3 aromatic rings. The van der Waals surface area contributed by atoms with E-state index in [1.807, 2.05) is 28.8 Å². The van der Waals surface area contributed by atoms with E-state index in [2.05, 4.69) is 22.1 Å². The minimum atomic E-state index is -0.302. The van der Waals surface area contributed by atoms with Crippen LogP contribution in [0, 0.1) is 5.82 Å². The van der Waals surface area contributed by atoms with E-state index in [9.17, 15) is 9.18 Å². The number of aromatic nitrogens is 3. The number of halogens is 1. The standard InChI is InChI=1S/C21H21FN4O2S/c1-3-11-26-20(16-5-4-6-18(12-16)28-2)24-25-21(26)29-14-19(27)23-13-15-7-9-17(22)10-8-15/h3-10,12H,1,11,13-14H2,2H3,(H,23,27). The minimum Gasteiger partial charge on any atom is -0.497 e. The quantitative estimate of drug-likeness (QED) is 0.429. The molecule has 0 saturated carbocycles. The first-order valence-electron chi connectivity index (χ1n) is 8.93. The molecule has 0 fully saturated rings. The van der Waals surface area contributed by atoms with Crippen molar-refractivity contribution >= 4 is 17.7 Å². The highest BCUT2D eigenvalue weighted by molar-refractivity contribution is 7.99. The van der Waals surface area contributed by atoms with Crippen molar-refractivity contribution in [2.45, 2.75) is 18.2 Å². The van der Waals surface area contributed by atoms with Crippen LogP contribution in [0.3, 0.4) is 0 Å². The van der Waals surface area contributed by atoms with Crippen LogP contribution < -0.4 is 10.1 Å². The number of thioether (sulfide) groups is 1. The number of ether oxygens (including phenoxy) is 1. The van der Waals surface area contributed by atoms with Crippen molar-refractivity contribution < 1.29 is 13.9 Å². The number of allylic oxidation sites excluding steroid dienone is 1. The first-order chi connectivity index (χ1) is 14.1. The average Bonchev–Trinajstić information content (AvgIpc) is 3.14. The number of methoxy groups -OCH3 is 1. The summed E-state index contributed by atoms with van der Waals surface area (Å²) in [6, 6.07) is 13.6. The fraction of sp³-hybridized carbons (Fsp3) is 0.190. The van der Waals surface area contributed by atoms with Crippen molar-refractivity contribution in [2.75, 3.05) is 12.9 Å². The Hall–Kier alpha value is -3.13. The molecule has 2 aromatic carbocycles. The normalized spacial score (nSPS) is 10.6. The average molecular weight is 412 g/mol. The van der Waals surface area contributed by atoms with E-state index in [0.29, 0.717) is 24.1 Å². The number of carbonyl (C=O) groups is 1. The van der Waals surface area contributed by atoms with Gasteiger partial charge in [-0.15, -0.1) is 16.8 Å². The molecule has 0 unspecified atom stereocenters. The zero-order valence-electron chi connectivity index (χ0n) is 16.0. The van der Waals surface area contributed by atoms with Crippen LogP contribution in [0.2, 0.25) is 0 Å². The fourth-order valence-electron chi connectivity index (χ4n) is 2.65. The third kappa shape index (κ3) is 5.45. The summed E-state index contributed by atoms with van der Waals surface area (Å²) in [7, 11) is 1.61. The Bertz CT molecular complexity index is 989.